The lowest BCUT2D eigenvalue weighted by Gasteiger charge is -2.42. The Kier molecular flexibility index (Phi) is 5.44. The van der Waals surface area contributed by atoms with Gasteiger partial charge in [0.25, 0.3) is 0 Å². The van der Waals surface area contributed by atoms with Gasteiger partial charge in [-0.2, -0.15) is 5.26 Å². The fraction of sp³-hybridized carbons (Fsp3) is 0.273. The molecule has 0 spiro atoms. The van der Waals surface area contributed by atoms with E-state index < -0.39 is 0 Å². The van der Waals surface area contributed by atoms with Crippen molar-refractivity contribution in [2.45, 2.75) is 19.3 Å². The fourth-order valence-electron chi connectivity index (χ4n) is 3.65. The van der Waals surface area contributed by atoms with Gasteiger partial charge in [0, 0.05) is 23.0 Å². The van der Waals surface area contributed by atoms with E-state index in [1.54, 1.807) is 12.0 Å². The zero-order chi connectivity index (χ0) is 20.5. The van der Waals surface area contributed by atoms with Crippen LogP contribution in [0.2, 0.25) is 5.02 Å². The molecule has 1 saturated heterocycles. The monoisotopic (exact) mass is 425 g/mol. The first kappa shape index (κ1) is 19.7. The number of ether oxygens (including phenoxy) is 1. The average Bonchev–Trinajstić information content (AvgIpc) is 2.75. The number of carbonyl (C=O) groups is 1. The summed E-state index contributed by atoms with van der Waals surface area (Å²) in [7, 11) is 1.61. The molecule has 0 aromatic heterocycles. The van der Waals surface area contributed by atoms with Gasteiger partial charge in [0.05, 0.1) is 36.3 Å². The summed E-state index contributed by atoms with van der Waals surface area (Å²) in [4.78, 5) is 16.8. The maximum Gasteiger partial charge on any atom is 0.229 e. The number of carbonyl (C=O) groups excluding carboxylic acids is 1. The van der Waals surface area contributed by atoms with Crippen LogP contribution in [0.25, 0.3) is 0 Å². The van der Waals surface area contributed by atoms with Crippen molar-refractivity contribution in [2.24, 2.45) is 0 Å². The maximum absolute atomic E-state index is 13.0. The Morgan fingerprint density at radius 2 is 2.10 bits per heavy atom. The number of methoxy groups -OCH3 is 1. The number of anilines is 1. The van der Waals surface area contributed by atoms with Gasteiger partial charge in [-0.05, 0) is 42.3 Å². The smallest absolute Gasteiger partial charge is 0.229 e. The number of allylic oxidation sites excluding steroid dienone is 1. The number of hydrogen-bond donors (Lipinski definition) is 0. The molecule has 2 aliphatic rings. The number of nitriles is 1. The van der Waals surface area contributed by atoms with Crippen molar-refractivity contribution in [1.29, 1.82) is 5.26 Å². The first-order valence-corrected chi connectivity index (χ1v) is 10.6. The van der Waals surface area contributed by atoms with E-state index >= 15 is 0 Å². The van der Waals surface area contributed by atoms with Gasteiger partial charge in [-0.15, -0.1) is 0 Å². The minimum absolute atomic E-state index is 0.0160. The van der Waals surface area contributed by atoms with E-state index in [-0.39, 0.29) is 18.2 Å². The molecule has 1 fully saturated rings. The molecule has 0 aliphatic carbocycles. The van der Waals surface area contributed by atoms with Gasteiger partial charge in [-0.1, -0.05) is 41.6 Å². The third-order valence-corrected chi connectivity index (χ3v) is 6.87. The van der Waals surface area contributed by atoms with Gasteiger partial charge in [0.15, 0.2) is 0 Å². The predicted octanol–water partition coefficient (Wildman–Crippen LogP) is 4.88. The van der Waals surface area contributed by atoms with Crippen molar-refractivity contribution in [1.82, 2.24) is 4.90 Å². The summed E-state index contributed by atoms with van der Waals surface area (Å²) >= 11 is 7.80. The Morgan fingerprint density at radius 1 is 1.28 bits per heavy atom. The number of rotatable bonds is 3. The molecule has 2 heterocycles. The van der Waals surface area contributed by atoms with Crippen molar-refractivity contribution < 1.29 is 9.53 Å². The van der Waals surface area contributed by atoms with E-state index in [0.717, 1.165) is 27.6 Å². The number of hydrogen-bond acceptors (Lipinski definition) is 5. The Balaban J connectivity index is 1.66. The fourth-order valence-corrected chi connectivity index (χ4v) is 4.99. The lowest BCUT2D eigenvalue weighted by molar-refractivity contribution is -0.129. The predicted molar refractivity (Wildman–Crippen MR) is 116 cm³/mol. The quantitative estimate of drug-likeness (QED) is 0.701. The third kappa shape index (κ3) is 3.68. The average molecular weight is 426 g/mol. The minimum atomic E-state index is -0.248. The van der Waals surface area contributed by atoms with Crippen molar-refractivity contribution in [3.63, 3.8) is 0 Å². The summed E-state index contributed by atoms with van der Waals surface area (Å²) in [6.07, 6.45) is 0.266. The molecule has 2 aromatic rings. The highest BCUT2D eigenvalue weighted by Gasteiger charge is 2.38. The van der Waals surface area contributed by atoms with Crippen LogP contribution in [0, 0.1) is 18.3 Å². The molecule has 2 aliphatic heterocycles. The van der Waals surface area contributed by atoms with Crippen LogP contribution in [0.1, 0.15) is 23.5 Å². The number of halogens is 1. The van der Waals surface area contributed by atoms with Gasteiger partial charge in [0.1, 0.15) is 5.75 Å². The summed E-state index contributed by atoms with van der Waals surface area (Å²) in [5, 5.41) is 11.4. The van der Waals surface area contributed by atoms with Crippen molar-refractivity contribution in [2.75, 3.05) is 24.6 Å². The van der Waals surface area contributed by atoms with E-state index in [9.17, 15) is 10.1 Å². The Morgan fingerprint density at radius 3 is 2.83 bits per heavy atom. The number of thioether (sulfide) groups is 1. The molecule has 2 aromatic carbocycles. The number of amides is 1. The lowest BCUT2D eigenvalue weighted by atomic mass is 9.86. The van der Waals surface area contributed by atoms with Crippen LogP contribution < -0.4 is 9.64 Å². The molecule has 0 saturated carbocycles. The molecular weight excluding hydrogens is 406 g/mol. The molecule has 0 bridgehead atoms. The molecule has 0 N–H and O–H groups in total. The van der Waals surface area contributed by atoms with Crippen LogP contribution in [-0.4, -0.2) is 30.5 Å². The summed E-state index contributed by atoms with van der Waals surface area (Å²) in [5.74, 6) is 1.14. The molecule has 29 heavy (non-hydrogen) atoms. The van der Waals surface area contributed by atoms with Crippen molar-refractivity contribution >= 4 is 35.0 Å². The van der Waals surface area contributed by atoms with Crippen LogP contribution in [-0.2, 0) is 4.79 Å². The van der Waals surface area contributed by atoms with Crippen LogP contribution >= 0.6 is 23.4 Å². The van der Waals surface area contributed by atoms with E-state index in [2.05, 4.69) is 11.0 Å². The van der Waals surface area contributed by atoms with Crippen LogP contribution in [0.4, 0.5) is 5.69 Å². The topological polar surface area (TPSA) is 56.6 Å². The van der Waals surface area contributed by atoms with Gasteiger partial charge < -0.3 is 9.64 Å². The Bertz CT molecular complexity index is 1050. The normalized spacial score (nSPS) is 19.1. The SMILES string of the molecule is COc1cccc(C2CC(=O)N3CN(c4ccc(C)c(Cl)c4)CSC3=C2C#N)c1. The molecule has 7 heteroatoms. The summed E-state index contributed by atoms with van der Waals surface area (Å²) in [6.45, 7) is 2.38. The molecule has 4 rings (SSSR count). The first-order valence-electron chi connectivity index (χ1n) is 9.24. The Labute approximate surface area is 179 Å². The number of aryl methyl sites for hydroxylation is 1. The number of fused-ring (bicyclic) bond motifs is 1. The van der Waals surface area contributed by atoms with E-state index in [4.69, 9.17) is 16.3 Å². The Hall–Kier alpha value is -2.62. The summed E-state index contributed by atoms with van der Waals surface area (Å²) in [5.41, 5.74) is 3.55. The highest BCUT2D eigenvalue weighted by atomic mass is 35.5. The van der Waals surface area contributed by atoms with Gasteiger partial charge in [0.2, 0.25) is 5.91 Å². The lowest BCUT2D eigenvalue weighted by Crippen LogP contribution is -2.47. The number of benzene rings is 2. The second kappa shape index (κ2) is 8.02. The third-order valence-electron chi connectivity index (χ3n) is 5.31. The molecule has 1 atom stereocenters. The zero-order valence-corrected chi connectivity index (χ0v) is 17.8. The van der Waals surface area contributed by atoms with Crippen molar-refractivity contribution in [3.05, 3.63) is 69.2 Å². The molecule has 1 amide bonds. The highest BCUT2D eigenvalue weighted by molar-refractivity contribution is 8.03. The van der Waals surface area contributed by atoms with E-state index in [1.807, 2.05) is 49.4 Å². The maximum atomic E-state index is 13.0. The van der Waals surface area contributed by atoms with E-state index in [0.29, 0.717) is 23.1 Å². The van der Waals surface area contributed by atoms with Crippen LogP contribution in [0.5, 0.6) is 5.75 Å². The molecule has 148 valence electrons. The van der Waals surface area contributed by atoms with Gasteiger partial charge in [-0.3, -0.25) is 9.69 Å². The highest BCUT2D eigenvalue weighted by Crippen LogP contribution is 2.43. The van der Waals surface area contributed by atoms with E-state index in [1.165, 1.54) is 11.8 Å². The summed E-state index contributed by atoms with van der Waals surface area (Å²) in [6, 6.07) is 15.9. The second-order valence-corrected chi connectivity index (χ2v) is 8.41. The first-order chi connectivity index (χ1) is 14.0. The zero-order valence-electron chi connectivity index (χ0n) is 16.2. The minimum Gasteiger partial charge on any atom is -0.497 e. The van der Waals surface area contributed by atoms with Crippen molar-refractivity contribution in [3.8, 4) is 11.8 Å². The van der Waals surface area contributed by atoms with Crippen LogP contribution in [0.3, 0.4) is 0 Å². The molecule has 1 unspecified atom stereocenters. The number of nitrogens with zero attached hydrogens (tertiary/aromatic N) is 3. The van der Waals surface area contributed by atoms with Gasteiger partial charge in [-0.25, -0.2) is 0 Å². The standard InChI is InChI=1S/C22H20ClN3O2S/c1-14-6-7-16(9-20(14)23)25-12-26-21(27)10-18(19(11-24)22(26)29-13-25)15-4-3-5-17(8-15)28-2/h3-9,18H,10,12-13H2,1-2H3. The molecule has 0 radical (unpaired) electrons. The molecule has 5 nitrogen and oxygen atoms in total. The largest absolute Gasteiger partial charge is 0.497 e. The van der Waals surface area contributed by atoms with Gasteiger partial charge >= 0.3 is 0 Å². The molecular formula is C22H20ClN3O2S. The second-order valence-electron chi connectivity index (χ2n) is 7.07. The summed E-state index contributed by atoms with van der Waals surface area (Å²) < 4.78 is 5.31. The van der Waals surface area contributed by atoms with Crippen LogP contribution in [0.15, 0.2) is 53.1 Å².